The van der Waals surface area contributed by atoms with Gasteiger partial charge in [0.05, 0.1) is 32.0 Å². The van der Waals surface area contributed by atoms with Crippen molar-refractivity contribution in [3.63, 3.8) is 0 Å². The van der Waals surface area contributed by atoms with Gasteiger partial charge in [0.2, 0.25) is 0 Å². The highest BCUT2D eigenvalue weighted by atomic mass is 28.4. The maximum Gasteiger partial charge on any atom is 0.338 e. The van der Waals surface area contributed by atoms with Crippen LogP contribution in [0.5, 0.6) is 5.75 Å². The molecule has 3 atom stereocenters. The third-order valence-corrected chi connectivity index (χ3v) is 11.3. The van der Waals surface area contributed by atoms with Crippen molar-refractivity contribution in [2.45, 2.75) is 64.1 Å². The SMILES string of the molecule is COc1ccc(COC2C=CCC(COC(=O)c3ccccc3)C2O[Si](C)(C)C(C)(C)C)cc1. The number of carbonyl (C=O) groups is 1. The number of allylic oxidation sites excluding steroid dienone is 1. The summed E-state index contributed by atoms with van der Waals surface area (Å²) in [6.07, 6.45) is 4.59. The van der Waals surface area contributed by atoms with Crippen LogP contribution >= 0.6 is 0 Å². The van der Waals surface area contributed by atoms with E-state index in [0.717, 1.165) is 17.7 Å². The highest BCUT2D eigenvalue weighted by Crippen LogP contribution is 2.40. The second kappa shape index (κ2) is 11.3. The lowest BCUT2D eigenvalue weighted by atomic mass is 9.90. The zero-order valence-electron chi connectivity index (χ0n) is 21.2. The normalized spacial score (nSPS) is 20.7. The molecule has 184 valence electrons. The molecular formula is C28H38O5Si. The predicted octanol–water partition coefficient (Wildman–Crippen LogP) is 6.40. The maximum absolute atomic E-state index is 12.6. The zero-order chi connectivity index (χ0) is 24.8. The Labute approximate surface area is 205 Å². The van der Waals surface area contributed by atoms with Crippen LogP contribution in [0.2, 0.25) is 18.1 Å². The van der Waals surface area contributed by atoms with Gasteiger partial charge >= 0.3 is 5.97 Å². The summed E-state index contributed by atoms with van der Waals surface area (Å²) in [7, 11) is -0.429. The van der Waals surface area contributed by atoms with Gasteiger partial charge in [-0.15, -0.1) is 0 Å². The van der Waals surface area contributed by atoms with Crippen LogP contribution in [0.1, 0.15) is 43.1 Å². The third kappa shape index (κ3) is 6.81. The molecule has 3 unspecified atom stereocenters. The summed E-state index contributed by atoms with van der Waals surface area (Å²) in [4.78, 5) is 12.6. The molecule has 0 bridgehead atoms. The van der Waals surface area contributed by atoms with Crippen LogP contribution < -0.4 is 4.74 Å². The molecule has 0 aliphatic heterocycles. The number of hydrogen-bond acceptors (Lipinski definition) is 5. The van der Waals surface area contributed by atoms with Gasteiger partial charge in [0.25, 0.3) is 0 Å². The highest BCUT2D eigenvalue weighted by Gasteiger charge is 2.43. The van der Waals surface area contributed by atoms with E-state index in [1.807, 2.05) is 42.5 Å². The van der Waals surface area contributed by atoms with Crippen LogP contribution in [0.15, 0.2) is 66.7 Å². The standard InChI is InChI=1S/C28H38O5Si/c1-28(2,3)34(5,6)33-26-23(20-32-27(29)22-11-8-7-9-12-22)13-10-14-25(26)31-19-21-15-17-24(30-4)18-16-21/h7-12,14-18,23,25-26H,13,19-20H2,1-6H3. The van der Waals surface area contributed by atoms with Crippen molar-refractivity contribution in [3.8, 4) is 5.75 Å². The number of hydrogen-bond donors (Lipinski definition) is 0. The molecule has 0 saturated carbocycles. The minimum atomic E-state index is -2.09. The Hall–Kier alpha value is -2.41. The van der Waals surface area contributed by atoms with E-state index in [-0.39, 0.29) is 29.1 Å². The summed E-state index contributed by atoms with van der Waals surface area (Å²) < 4.78 is 24.2. The van der Waals surface area contributed by atoms with Crippen LogP contribution in [0.3, 0.4) is 0 Å². The molecule has 6 heteroatoms. The molecule has 3 rings (SSSR count). The Morgan fingerprint density at radius 1 is 1.03 bits per heavy atom. The van der Waals surface area contributed by atoms with Gasteiger partial charge in [0.15, 0.2) is 8.32 Å². The first-order valence-electron chi connectivity index (χ1n) is 11.9. The Morgan fingerprint density at radius 2 is 1.71 bits per heavy atom. The summed E-state index contributed by atoms with van der Waals surface area (Å²) in [5, 5.41) is 0.0555. The Balaban J connectivity index is 1.74. The lowest BCUT2D eigenvalue weighted by molar-refractivity contribution is -0.0556. The molecular weight excluding hydrogens is 444 g/mol. The molecule has 0 radical (unpaired) electrons. The second-order valence-corrected chi connectivity index (χ2v) is 15.1. The minimum absolute atomic E-state index is 0.0210. The van der Waals surface area contributed by atoms with Gasteiger partial charge in [-0.1, -0.05) is 63.3 Å². The van der Waals surface area contributed by atoms with Gasteiger partial charge in [-0.3, -0.25) is 0 Å². The second-order valence-electron chi connectivity index (χ2n) is 10.4. The van der Waals surface area contributed by atoms with Gasteiger partial charge < -0.3 is 18.6 Å². The van der Waals surface area contributed by atoms with Gasteiger partial charge in [-0.25, -0.2) is 4.79 Å². The topological polar surface area (TPSA) is 54.0 Å². The molecule has 0 spiro atoms. The van der Waals surface area contributed by atoms with Crippen LogP contribution in [0, 0.1) is 5.92 Å². The van der Waals surface area contributed by atoms with Crippen LogP contribution in [-0.2, 0) is 20.5 Å². The molecule has 0 saturated heterocycles. The van der Waals surface area contributed by atoms with Crippen molar-refractivity contribution in [1.29, 1.82) is 0 Å². The summed E-state index contributed by atoms with van der Waals surface area (Å²) in [6.45, 7) is 11.9. The average molecular weight is 483 g/mol. The third-order valence-electron chi connectivity index (χ3n) is 6.83. The molecule has 2 aromatic carbocycles. The minimum Gasteiger partial charge on any atom is -0.497 e. The smallest absolute Gasteiger partial charge is 0.338 e. The van der Waals surface area contributed by atoms with Crippen molar-refractivity contribution in [2.75, 3.05) is 13.7 Å². The van der Waals surface area contributed by atoms with E-state index in [2.05, 4.69) is 46.0 Å². The highest BCUT2D eigenvalue weighted by molar-refractivity contribution is 6.74. The van der Waals surface area contributed by atoms with Crippen LogP contribution in [-0.4, -0.2) is 40.2 Å². The van der Waals surface area contributed by atoms with Crippen LogP contribution in [0.4, 0.5) is 0 Å². The van der Waals surface area contributed by atoms with E-state index in [1.54, 1.807) is 19.2 Å². The summed E-state index contributed by atoms with van der Waals surface area (Å²) in [6, 6.07) is 17.0. The van der Waals surface area contributed by atoms with Gasteiger partial charge in [0.1, 0.15) is 11.9 Å². The first-order valence-corrected chi connectivity index (χ1v) is 14.8. The van der Waals surface area contributed by atoms with E-state index >= 15 is 0 Å². The van der Waals surface area contributed by atoms with Crippen molar-refractivity contribution < 1.29 is 23.4 Å². The summed E-state index contributed by atoms with van der Waals surface area (Å²) in [5.74, 6) is 0.533. The molecule has 0 amide bonds. The van der Waals surface area contributed by atoms with Crippen molar-refractivity contribution in [1.82, 2.24) is 0 Å². The number of rotatable bonds is 9. The molecule has 0 heterocycles. The van der Waals surface area contributed by atoms with Crippen molar-refractivity contribution in [2.24, 2.45) is 5.92 Å². The quantitative estimate of drug-likeness (QED) is 0.235. The molecule has 0 fully saturated rings. The Kier molecular flexibility index (Phi) is 8.74. The fourth-order valence-corrected chi connectivity index (χ4v) is 5.01. The monoisotopic (exact) mass is 482 g/mol. The van der Waals surface area contributed by atoms with Crippen molar-refractivity contribution in [3.05, 3.63) is 77.9 Å². The Bertz CT molecular complexity index is 947. The molecule has 5 nitrogen and oxygen atoms in total. The van der Waals surface area contributed by atoms with E-state index in [1.165, 1.54) is 0 Å². The molecule has 1 aliphatic carbocycles. The van der Waals surface area contributed by atoms with E-state index in [9.17, 15) is 4.79 Å². The first-order chi connectivity index (χ1) is 16.1. The molecule has 0 N–H and O–H groups in total. The number of benzene rings is 2. The lowest BCUT2D eigenvalue weighted by Gasteiger charge is -2.44. The fourth-order valence-electron chi connectivity index (χ4n) is 3.65. The number of esters is 1. The average Bonchev–Trinajstić information content (AvgIpc) is 2.82. The molecule has 2 aromatic rings. The molecule has 0 aromatic heterocycles. The number of ether oxygens (including phenoxy) is 3. The van der Waals surface area contributed by atoms with E-state index < -0.39 is 8.32 Å². The zero-order valence-corrected chi connectivity index (χ0v) is 22.2. The van der Waals surface area contributed by atoms with Gasteiger partial charge in [-0.2, -0.15) is 0 Å². The molecule has 34 heavy (non-hydrogen) atoms. The summed E-state index contributed by atoms with van der Waals surface area (Å²) in [5.41, 5.74) is 1.63. The fraction of sp³-hybridized carbons (Fsp3) is 0.464. The van der Waals surface area contributed by atoms with E-state index in [0.29, 0.717) is 18.8 Å². The Morgan fingerprint density at radius 3 is 2.32 bits per heavy atom. The van der Waals surface area contributed by atoms with Crippen LogP contribution in [0.25, 0.3) is 0 Å². The van der Waals surface area contributed by atoms with Gasteiger partial charge in [0, 0.05) is 5.92 Å². The lowest BCUT2D eigenvalue weighted by Crippen LogP contribution is -2.51. The first kappa shape index (κ1) is 26.2. The number of carbonyl (C=O) groups excluding carboxylic acids is 1. The molecule has 1 aliphatic rings. The van der Waals surface area contributed by atoms with Gasteiger partial charge in [-0.05, 0) is 54.4 Å². The largest absolute Gasteiger partial charge is 0.497 e. The number of methoxy groups -OCH3 is 1. The van der Waals surface area contributed by atoms with E-state index in [4.69, 9.17) is 18.6 Å². The predicted molar refractivity (Wildman–Crippen MR) is 138 cm³/mol. The summed E-state index contributed by atoms with van der Waals surface area (Å²) >= 11 is 0. The van der Waals surface area contributed by atoms with Crippen molar-refractivity contribution >= 4 is 14.3 Å². The maximum atomic E-state index is 12.6.